The van der Waals surface area contributed by atoms with E-state index < -0.39 is 5.60 Å². The summed E-state index contributed by atoms with van der Waals surface area (Å²) in [6.45, 7) is 11.1. The third-order valence-electron chi connectivity index (χ3n) is 4.56. The van der Waals surface area contributed by atoms with Gasteiger partial charge >= 0.3 is 6.09 Å². The summed E-state index contributed by atoms with van der Waals surface area (Å²) in [5, 5.41) is 0.264. The number of nitrogens with zero attached hydrogens (tertiary/aromatic N) is 4. The molecule has 0 aliphatic carbocycles. The summed E-state index contributed by atoms with van der Waals surface area (Å²) in [4.78, 5) is 24.6. The molecule has 0 radical (unpaired) electrons. The summed E-state index contributed by atoms with van der Waals surface area (Å²) < 4.78 is 5.49. The van der Waals surface area contributed by atoms with E-state index in [1.807, 2.05) is 31.7 Å². The summed E-state index contributed by atoms with van der Waals surface area (Å²) in [6.07, 6.45) is 1.46. The Kier molecular flexibility index (Phi) is 3.91. The predicted octanol–water partition coefficient (Wildman–Crippen LogP) is 2.82. The molecule has 0 bridgehead atoms. The molecule has 2 aliphatic rings. The predicted molar refractivity (Wildman–Crippen MR) is 88.7 cm³/mol. The van der Waals surface area contributed by atoms with Gasteiger partial charge in [-0.05, 0) is 38.4 Å². The fourth-order valence-electron chi connectivity index (χ4n) is 3.48. The van der Waals surface area contributed by atoms with Crippen LogP contribution in [0.3, 0.4) is 0 Å². The zero-order valence-corrected chi connectivity index (χ0v) is 14.8. The van der Waals surface area contributed by atoms with Crippen LogP contribution in [0, 0.1) is 11.3 Å². The number of hydrogen-bond donors (Lipinski definition) is 0. The summed E-state index contributed by atoms with van der Waals surface area (Å²) in [7, 11) is 0. The minimum atomic E-state index is -0.459. The van der Waals surface area contributed by atoms with Crippen molar-refractivity contribution in [3.8, 4) is 0 Å². The third-order valence-corrected chi connectivity index (χ3v) is 4.74. The van der Waals surface area contributed by atoms with Crippen molar-refractivity contribution in [2.45, 2.75) is 33.3 Å². The zero-order valence-electron chi connectivity index (χ0n) is 14.0. The summed E-state index contributed by atoms with van der Waals surface area (Å²) in [5.41, 5.74) is -0.409. The fraction of sp³-hybridized carbons (Fsp3) is 0.688. The van der Waals surface area contributed by atoms with Crippen LogP contribution in [0.1, 0.15) is 27.7 Å². The lowest BCUT2D eigenvalue weighted by Gasteiger charge is -2.28. The SMILES string of the molecule is CC(C)(C)OC(=O)N1CC2CN(c3ccnc(Cl)n3)CC2(C)C1. The molecule has 3 heterocycles. The van der Waals surface area contributed by atoms with Crippen molar-refractivity contribution in [2.75, 3.05) is 31.1 Å². The summed E-state index contributed by atoms with van der Waals surface area (Å²) in [6, 6.07) is 1.88. The van der Waals surface area contributed by atoms with E-state index in [4.69, 9.17) is 16.3 Å². The maximum atomic E-state index is 12.3. The Hall–Kier alpha value is -1.56. The maximum Gasteiger partial charge on any atom is 0.410 e. The van der Waals surface area contributed by atoms with Crippen LogP contribution < -0.4 is 4.90 Å². The van der Waals surface area contributed by atoms with Crippen LogP contribution >= 0.6 is 11.6 Å². The van der Waals surface area contributed by atoms with Gasteiger partial charge in [0.25, 0.3) is 0 Å². The van der Waals surface area contributed by atoms with E-state index in [2.05, 4.69) is 21.8 Å². The van der Waals surface area contributed by atoms with Crippen LogP contribution in [-0.4, -0.2) is 52.7 Å². The topological polar surface area (TPSA) is 58.6 Å². The smallest absolute Gasteiger partial charge is 0.410 e. The van der Waals surface area contributed by atoms with Gasteiger partial charge in [0.1, 0.15) is 11.4 Å². The van der Waals surface area contributed by atoms with Crippen molar-refractivity contribution in [1.82, 2.24) is 14.9 Å². The van der Waals surface area contributed by atoms with Crippen molar-refractivity contribution < 1.29 is 9.53 Å². The van der Waals surface area contributed by atoms with E-state index in [0.29, 0.717) is 12.5 Å². The molecule has 2 atom stereocenters. The van der Waals surface area contributed by atoms with Gasteiger partial charge in [-0.1, -0.05) is 6.92 Å². The largest absolute Gasteiger partial charge is 0.444 e. The molecular formula is C16H23ClN4O2. The van der Waals surface area contributed by atoms with E-state index in [1.165, 1.54) is 0 Å². The van der Waals surface area contributed by atoms with Crippen LogP contribution in [0.4, 0.5) is 10.6 Å². The molecule has 1 aromatic heterocycles. The Balaban J connectivity index is 1.67. The molecule has 0 N–H and O–H groups in total. The number of carbonyl (C=O) groups is 1. The lowest BCUT2D eigenvalue weighted by atomic mass is 9.83. The molecule has 0 aromatic carbocycles. The van der Waals surface area contributed by atoms with E-state index in [-0.39, 0.29) is 16.8 Å². The molecule has 1 amide bonds. The Labute approximate surface area is 141 Å². The Morgan fingerprint density at radius 3 is 2.74 bits per heavy atom. The number of likely N-dealkylation sites (tertiary alicyclic amines) is 1. The number of aromatic nitrogens is 2. The number of ether oxygens (including phenoxy) is 1. The molecule has 0 spiro atoms. The Morgan fingerprint density at radius 2 is 2.13 bits per heavy atom. The molecule has 2 aliphatic heterocycles. The second-order valence-electron chi connectivity index (χ2n) is 7.78. The van der Waals surface area contributed by atoms with Gasteiger partial charge in [0.05, 0.1) is 0 Å². The van der Waals surface area contributed by atoms with Crippen LogP contribution in [0.15, 0.2) is 12.3 Å². The number of hydrogen-bond acceptors (Lipinski definition) is 5. The van der Waals surface area contributed by atoms with Crippen molar-refractivity contribution in [1.29, 1.82) is 0 Å². The van der Waals surface area contributed by atoms with Crippen molar-refractivity contribution in [2.24, 2.45) is 11.3 Å². The van der Waals surface area contributed by atoms with Crippen LogP contribution in [0.5, 0.6) is 0 Å². The molecule has 2 saturated heterocycles. The average molecular weight is 339 g/mol. The molecule has 3 rings (SSSR count). The lowest BCUT2D eigenvalue weighted by molar-refractivity contribution is 0.0273. The first kappa shape index (κ1) is 16.3. The van der Waals surface area contributed by atoms with Crippen LogP contribution in [-0.2, 0) is 4.74 Å². The minimum absolute atomic E-state index is 0.0499. The highest BCUT2D eigenvalue weighted by Gasteiger charge is 2.51. The van der Waals surface area contributed by atoms with E-state index in [1.54, 1.807) is 6.20 Å². The van der Waals surface area contributed by atoms with Gasteiger partial charge in [0.2, 0.25) is 5.28 Å². The number of amides is 1. The first-order chi connectivity index (χ1) is 10.7. The summed E-state index contributed by atoms with van der Waals surface area (Å²) in [5.74, 6) is 1.26. The molecule has 7 heteroatoms. The Bertz CT molecular complexity index is 618. The number of anilines is 1. The molecule has 23 heavy (non-hydrogen) atoms. The van der Waals surface area contributed by atoms with Gasteiger partial charge in [-0.25, -0.2) is 14.8 Å². The minimum Gasteiger partial charge on any atom is -0.444 e. The maximum absolute atomic E-state index is 12.3. The molecular weight excluding hydrogens is 316 g/mol. The third kappa shape index (κ3) is 3.37. The second-order valence-corrected chi connectivity index (χ2v) is 8.11. The molecule has 0 saturated carbocycles. The van der Waals surface area contributed by atoms with Gasteiger partial charge in [-0.2, -0.15) is 0 Å². The van der Waals surface area contributed by atoms with Crippen LogP contribution in [0.2, 0.25) is 5.28 Å². The van der Waals surface area contributed by atoms with Crippen LogP contribution in [0.25, 0.3) is 0 Å². The highest BCUT2D eigenvalue weighted by Crippen LogP contribution is 2.43. The van der Waals surface area contributed by atoms with E-state index in [9.17, 15) is 4.79 Å². The van der Waals surface area contributed by atoms with Crippen molar-refractivity contribution in [3.05, 3.63) is 17.5 Å². The van der Waals surface area contributed by atoms with Gasteiger partial charge < -0.3 is 14.5 Å². The highest BCUT2D eigenvalue weighted by molar-refractivity contribution is 6.28. The van der Waals surface area contributed by atoms with Gasteiger partial charge in [-0.15, -0.1) is 0 Å². The molecule has 6 nitrogen and oxygen atoms in total. The number of halogens is 1. The first-order valence-electron chi connectivity index (χ1n) is 7.88. The quantitative estimate of drug-likeness (QED) is 0.737. The molecule has 2 unspecified atom stereocenters. The lowest BCUT2D eigenvalue weighted by Crippen LogP contribution is -2.39. The Morgan fingerprint density at radius 1 is 1.39 bits per heavy atom. The standard InChI is InChI=1S/C16H23ClN4O2/c1-15(2,3)23-14(22)21-8-11-7-20(9-16(11,4)10-21)12-5-6-18-13(17)19-12/h5-6,11H,7-10H2,1-4H3. The molecule has 2 fully saturated rings. The van der Waals surface area contributed by atoms with E-state index >= 15 is 0 Å². The van der Waals surface area contributed by atoms with Gasteiger partial charge in [-0.3, -0.25) is 0 Å². The number of fused-ring (bicyclic) bond motifs is 1. The van der Waals surface area contributed by atoms with Gasteiger partial charge in [0.15, 0.2) is 0 Å². The van der Waals surface area contributed by atoms with Crippen molar-refractivity contribution >= 4 is 23.5 Å². The fourth-order valence-corrected chi connectivity index (χ4v) is 3.63. The van der Waals surface area contributed by atoms with Crippen molar-refractivity contribution in [3.63, 3.8) is 0 Å². The van der Waals surface area contributed by atoms with E-state index in [0.717, 1.165) is 25.5 Å². The zero-order chi connectivity index (χ0) is 16.8. The second kappa shape index (κ2) is 5.51. The number of rotatable bonds is 1. The first-order valence-corrected chi connectivity index (χ1v) is 8.25. The monoisotopic (exact) mass is 338 g/mol. The molecule has 126 valence electrons. The summed E-state index contributed by atoms with van der Waals surface area (Å²) >= 11 is 5.89. The molecule has 1 aromatic rings. The number of carbonyl (C=O) groups excluding carboxylic acids is 1. The normalized spacial score (nSPS) is 27.3. The average Bonchev–Trinajstić information content (AvgIpc) is 2.88. The highest BCUT2D eigenvalue weighted by atomic mass is 35.5. The van der Waals surface area contributed by atoms with Gasteiger partial charge in [0, 0.05) is 43.7 Å².